The van der Waals surface area contributed by atoms with E-state index in [0.717, 1.165) is 141 Å². The van der Waals surface area contributed by atoms with Crippen molar-refractivity contribution in [2.45, 2.75) is 284 Å². The first-order valence-electron chi connectivity index (χ1n) is 32.3. The van der Waals surface area contributed by atoms with Gasteiger partial charge in [0.05, 0.1) is 0 Å². The molecule has 0 radical (unpaired) electrons. The maximum absolute atomic E-state index is 12.8. The van der Waals surface area contributed by atoms with Crippen molar-refractivity contribution in [3.8, 4) is 0 Å². The van der Waals surface area contributed by atoms with Gasteiger partial charge in [0, 0.05) is 19.3 Å². The fourth-order valence-corrected chi connectivity index (χ4v) is 8.50. The molecular formula is C73H118O6. The highest BCUT2D eigenvalue weighted by atomic mass is 16.6. The van der Waals surface area contributed by atoms with Gasteiger partial charge in [0.1, 0.15) is 13.2 Å². The Morgan fingerprint density at radius 3 is 0.797 bits per heavy atom. The Bertz CT molecular complexity index is 1730. The van der Waals surface area contributed by atoms with Gasteiger partial charge in [0.15, 0.2) is 6.10 Å². The SMILES string of the molecule is CC/C=C\C/C=C\C/C=C\C/C=C\C/C=C\C/C=C\C/C=C\C/C=C\C/C=C\C/C=C\CCCCCCC(=O)OCC(COC(=O)CCCCCCCCC)OC(=O)CCCCCCCCCCC/C=C\C/C=C\CCCCC. The lowest BCUT2D eigenvalue weighted by atomic mass is 10.1. The van der Waals surface area contributed by atoms with Gasteiger partial charge >= 0.3 is 17.9 Å². The van der Waals surface area contributed by atoms with Crippen LogP contribution in [0.25, 0.3) is 0 Å². The van der Waals surface area contributed by atoms with Crippen LogP contribution in [0.15, 0.2) is 146 Å². The number of hydrogen-bond acceptors (Lipinski definition) is 6. The zero-order valence-electron chi connectivity index (χ0n) is 51.1. The Kier molecular flexibility index (Phi) is 61.9. The van der Waals surface area contributed by atoms with Crippen LogP contribution in [0.5, 0.6) is 0 Å². The fourth-order valence-electron chi connectivity index (χ4n) is 8.50. The highest BCUT2D eigenvalue weighted by Crippen LogP contribution is 2.15. The van der Waals surface area contributed by atoms with Crippen molar-refractivity contribution < 1.29 is 28.6 Å². The molecule has 0 rings (SSSR count). The zero-order valence-corrected chi connectivity index (χ0v) is 51.1. The third-order valence-corrected chi connectivity index (χ3v) is 13.3. The molecule has 1 atom stereocenters. The van der Waals surface area contributed by atoms with Crippen LogP contribution in [0.4, 0.5) is 0 Å². The van der Waals surface area contributed by atoms with E-state index in [1.807, 2.05) is 0 Å². The van der Waals surface area contributed by atoms with E-state index in [4.69, 9.17) is 14.2 Å². The van der Waals surface area contributed by atoms with E-state index in [0.29, 0.717) is 19.3 Å². The van der Waals surface area contributed by atoms with Crippen LogP contribution in [-0.4, -0.2) is 37.2 Å². The number of ether oxygens (including phenoxy) is 3. The van der Waals surface area contributed by atoms with E-state index < -0.39 is 6.10 Å². The summed E-state index contributed by atoms with van der Waals surface area (Å²) in [7, 11) is 0. The maximum Gasteiger partial charge on any atom is 0.306 e. The summed E-state index contributed by atoms with van der Waals surface area (Å²) >= 11 is 0. The molecule has 0 aliphatic rings. The molecule has 1 unspecified atom stereocenters. The van der Waals surface area contributed by atoms with Crippen molar-refractivity contribution in [1.82, 2.24) is 0 Å². The average molecular weight is 1090 g/mol. The minimum atomic E-state index is -0.793. The molecule has 0 aromatic heterocycles. The summed E-state index contributed by atoms with van der Waals surface area (Å²) in [6, 6.07) is 0. The van der Waals surface area contributed by atoms with Gasteiger partial charge in [0.2, 0.25) is 0 Å². The summed E-state index contributed by atoms with van der Waals surface area (Å²) < 4.78 is 16.8. The summed E-state index contributed by atoms with van der Waals surface area (Å²) in [5.41, 5.74) is 0. The predicted molar refractivity (Wildman–Crippen MR) is 343 cm³/mol. The highest BCUT2D eigenvalue weighted by molar-refractivity contribution is 5.71. The zero-order chi connectivity index (χ0) is 57.1. The summed E-state index contributed by atoms with van der Waals surface area (Å²) in [6.45, 7) is 6.43. The molecule has 6 heteroatoms. The molecular weight excluding hydrogens is 973 g/mol. The molecule has 0 spiro atoms. The highest BCUT2D eigenvalue weighted by Gasteiger charge is 2.19. The van der Waals surface area contributed by atoms with Gasteiger partial charge in [0.25, 0.3) is 0 Å². The summed E-state index contributed by atoms with van der Waals surface area (Å²) in [5.74, 6) is -0.929. The molecule has 0 aromatic rings. The van der Waals surface area contributed by atoms with Gasteiger partial charge in [-0.3, -0.25) is 14.4 Å². The van der Waals surface area contributed by atoms with Crippen molar-refractivity contribution in [3.63, 3.8) is 0 Å². The molecule has 0 amide bonds. The third-order valence-electron chi connectivity index (χ3n) is 13.3. The number of rotatable bonds is 57. The van der Waals surface area contributed by atoms with Crippen LogP contribution < -0.4 is 0 Å². The van der Waals surface area contributed by atoms with E-state index in [-0.39, 0.29) is 31.1 Å². The third kappa shape index (κ3) is 64.0. The van der Waals surface area contributed by atoms with E-state index in [1.165, 1.54) is 96.3 Å². The van der Waals surface area contributed by atoms with Crippen LogP contribution in [0.3, 0.4) is 0 Å². The molecule has 0 fully saturated rings. The van der Waals surface area contributed by atoms with Gasteiger partial charge in [-0.25, -0.2) is 0 Å². The second kappa shape index (κ2) is 65.8. The molecule has 0 aromatic carbocycles. The van der Waals surface area contributed by atoms with Gasteiger partial charge < -0.3 is 14.2 Å². The average Bonchev–Trinajstić information content (AvgIpc) is 3.45. The topological polar surface area (TPSA) is 78.9 Å². The number of esters is 3. The van der Waals surface area contributed by atoms with Crippen molar-refractivity contribution in [2.75, 3.05) is 13.2 Å². The van der Waals surface area contributed by atoms with Crippen molar-refractivity contribution >= 4 is 17.9 Å². The van der Waals surface area contributed by atoms with Crippen LogP contribution in [-0.2, 0) is 28.6 Å². The van der Waals surface area contributed by atoms with E-state index in [9.17, 15) is 14.4 Å². The Labute approximate surface area is 487 Å². The summed E-state index contributed by atoms with van der Waals surface area (Å²) in [5, 5.41) is 0. The molecule has 6 nitrogen and oxygen atoms in total. The van der Waals surface area contributed by atoms with Gasteiger partial charge in [-0.15, -0.1) is 0 Å². The first kappa shape index (κ1) is 74.3. The molecule has 0 aliphatic heterocycles. The van der Waals surface area contributed by atoms with Crippen LogP contribution in [0, 0.1) is 0 Å². The van der Waals surface area contributed by atoms with Crippen molar-refractivity contribution in [3.05, 3.63) is 146 Å². The molecule has 0 saturated carbocycles. The van der Waals surface area contributed by atoms with E-state index in [2.05, 4.69) is 167 Å². The smallest absolute Gasteiger partial charge is 0.306 e. The molecule has 0 N–H and O–H groups in total. The van der Waals surface area contributed by atoms with Gasteiger partial charge in [-0.2, -0.15) is 0 Å². The Morgan fingerprint density at radius 2 is 0.494 bits per heavy atom. The number of allylic oxidation sites excluding steroid dienone is 24. The second-order valence-electron chi connectivity index (χ2n) is 20.9. The van der Waals surface area contributed by atoms with Crippen LogP contribution in [0.1, 0.15) is 278 Å². The minimum absolute atomic E-state index is 0.0906. The lowest BCUT2D eigenvalue weighted by Gasteiger charge is -2.18. The Hall–Kier alpha value is -4.71. The lowest BCUT2D eigenvalue weighted by Crippen LogP contribution is -2.30. The first-order valence-corrected chi connectivity index (χ1v) is 32.3. The number of hydrogen-bond donors (Lipinski definition) is 0. The first-order chi connectivity index (χ1) is 39.0. The van der Waals surface area contributed by atoms with Crippen molar-refractivity contribution in [2.24, 2.45) is 0 Å². The molecule has 0 bridgehead atoms. The molecule has 0 aliphatic carbocycles. The van der Waals surface area contributed by atoms with E-state index in [1.54, 1.807) is 0 Å². The Balaban J connectivity index is 4.21. The summed E-state index contributed by atoms with van der Waals surface area (Å²) in [4.78, 5) is 38.1. The quantitative estimate of drug-likeness (QED) is 0.0261. The van der Waals surface area contributed by atoms with Gasteiger partial charge in [-0.1, -0.05) is 276 Å². The van der Waals surface area contributed by atoms with Crippen molar-refractivity contribution in [1.29, 1.82) is 0 Å². The summed E-state index contributed by atoms with van der Waals surface area (Å²) in [6.07, 6.45) is 94.5. The van der Waals surface area contributed by atoms with Gasteiger partial charge in [-0.05, 0) is 128 Å². The molecule has 446 valence electrons. The molecule has 0 saturated heterocycles. The predicted octanol–water partition coefficient (Wildman–Crippen LogP) is 22.3. The largest absolute Gasteiger partial charge is 0.462 e. The Morgan fingerprint density at radius 1 is 0.266 bits per heavy atom. The monoisotopic (exact) mass is 1090 g/mol. The normalized spacial score (nSPS) is 13.1. The second-order valence-corrected chi connectivity index (χ2v) is 20.9. The minimum Gasteiger partial charge on any atom is -0.462 e. The standard InChI is InChI=1S/C73H118O6/c1-4-7-10-13-16-18-20-22-24-26-28-29-30-31-32-33-34-35-36-37-38-39-40-41-42-43-45-46-48-50-52-54-57-60-63-66-72(75)78-69-70(68-77-71(74)65-62-59-56-15-12-9-6-3)79-73(76)67-64-61-58-55-53-51-49-47-44-27-25-23-21-19-17-14-11-8-5-2/h7,10,16-19,22-25,28-29,31-32,34-35,37-38,40-41,43,45,48,50,70H,4-6,8-9,11-15,20-21,26-27,30,33,36,39,42,44,46-47,49,51-69H2,1-3H3/b10-7-,18-16-,19-17-,24-22-,25-23-,29-28-,32-31-,35-34-,38-37-,41-40-,45-43-,50-48-. The van der Waals surface area contributed by atoms with E-state index >= 15 is 0 Å². The fraction of sp³-hybridized carbons (Fsp3) is 0.630. The lowest BCUT2D eigenvalue weighted by molar-refractivity contribution is -0.167. The molecule has 0 heterocycles. The molecule has 79 heavy (non-hydrogen) atoms. The van der Waals surface area contributed by atoms with Crippen LogP contribution >= 0.6 is 0 Å². The van der Waals surface area contributed by atoms with Crippen LogP contribution in [0.2, 0.25) is 0 Å². The number of carbonyl (C=O) groups excluding carboxylic acids is 3. The maximum atomic E-state index is 12.8. The number of carbonyl (C=O) groups is 3. The number of unbranched alkanes of at least 4 members (excludes halogenated alkanes) is 22.